The topological polar surface area (TPSA) is 83.9 Å². The summed E-state index contributed by atoms with van der Waals surface area (Å²) in [7, 11) is 1.80. The van der Waals surface area contributed by atoms with E-state index in [4.69, 9.17) is 0 Å². The zero-order valence-electron chi connectivity index (χ0n) is 16.9. The monoisotopic (exact) mass is 401 g/mol. The van der Waals surface area contributed by atoms with E-state index in [0.29, 0.717) is 23.3 Å². The summed E-state index contributed by atoms with van der Waals surface area (Å²) in [5, 5.41) is 4.73. The van der Waals surface area contributed by atoms with Crippen LogP contribution in [0.2, 0.25) is 0 Å². The lowest BCUT2D eigenvalue weighted by Gasteiger charge is -2.25. The van der Waals surface area contributed by atoms with Gasteiger partial charge < -0.3 is 9.88 Å². The average Bonchev–Trinajstić information content (AvgIpc) is 3.22. The number of para-hydroxylation sites is 1. The van der Waals surface area contributed by atoms with Crippen LogP contribution in [0, 0.1) is 0 Å². The van der Waals surface area contributed by atoms with Crippen LogP contribution < -0.4 is 5.56 Å². The Morgan fingerprint density at radius 1 is 1.10 bits per heavy atom. The predicted octanol–water partition coefficient (Wildman–Crippen LogP) is 3.26. The van der Waals surface area contributed by atoms with E-state index in [9.17, 15) is 9.59 Å². The summed E-state index contributed by atoms with van der Waals surface area (Å²) in [6.45, 7) is 2.00. The molecule has 1 atom stereocenters. The van der Waals surface area contributed by atoms with Crippen molar-refractivity contribution >= 4 is 16.9 Å². The van der Waals surface area contributed by atoms with Crippen LogP contribution in [0.15, 0.2) is 71.7 Å². The number of nitrogens with zero attached hydrogens (tertiary/aromatic N) is 4. The third kappa shape index (κ3) is 3.87. The second-order valence-corrected chi connectivity index (χ2v) is 7.23. The first-order valence-corrected chi connectivity index (χ1v) is 9.87. The van der Waals surface area contributed by atoms with Gasteiger partial charge in [0.2, 0.25) is 5.91 Å². The maximum absolute atomic E-state index is 12.7. The molecule has 152 valence electrons. The third-order valence-electron chi connectivity index (χ3n) is 5.32. The van der Waals surface area contributed by atoms with Gasteiger partial charge in [-0.2, -0.15) is 5.10 Å². The van der Waals surface area contributed by atoms with E-state index in [-0.39, 0.29) is 23.9 Å². The van der Waals surface area contributed by atoms with Gasteiger partial charge in [-0.1, -0.05) is 48.5 Å². The Balaban J connectivity index is 1.53. The van der Waals surface area contributed by atoms with Gasteiger partial charge in [0, 0.05) is 19.9 Å². The zero-order chi connectivity index (χ0) is 21.1. The maximum Gasteiger partial charge on any atom is 0.262 e. The molecule has 7 heteroatoms. The molecule has 0 saturated heterocycles. The number of hydrogen-bond acceptors (Lipinski definition) is 4. The standard InChI is InChI=1S/C23H23N5O2/c1-16(17-9-5-3-6-10-17)27(2)21(29)14-13-20-25-22-19(23(30)26-20)15-24-28(22)18-11-7-4-8-12-18/h3-12,15-16H,13-14H2,1-2H3,(H,25,26,30)/t16-/m0/s1. The molecule has 0 saturated carbocycles. The van der Waals surface area contributed by atoms with Crippen LogP contribution in [0.1, 0.15) is 30.8 Å². The van der Waals surface area contributed by atoms with Crippen molar-refractivity contribution < 1.29 is 4.79 Å². The van der Waals surface area contributed by atoms with Gasteiger partial charge in [0.1, 0.15) is 11.2 Å². The second-order valence-electron chi connectivity index (χ2n) is 7.23. The lowest BCUT2D eigenvalue weighted by Crippen LogP contribution is -2.30. The van der Waals surface area contributed by atoms with Crippen LogP contribution >= 0.6 is 0 Å². The minimum absolute atomic E-state index is 0.00864. The number of aromatic amines is 1. The normalized spacial score (nSPS) is 12.1. The molecule has 0 bridgehead atoms. The average molecular weight is 401 g/mol. The molecule has 0 radical (unpaired) electrons. The summed E-state index contributed by atoms with van der Waals surface area (Å²) in [5.74, 6) is 0.463. The first-order chi connectivity index (χ1) is 14.5. The molecular weight excluding hydrogens is 378 g/mol. The van der Waals surface area contributed by atoms with E-state index in [1.807, 2.05) is 67.6 Å². The van der Waals surface area contributed by atoms with Gasteiger partial charge >= 0.3 is 0 Å². The van der Waals surface area contributed by atoms with Gasteiger partial charge in [0.25, 0.3) is 5.56 Å². The number of benzene rings is 2. The quantitative estimate of drug-likeness (QED) is 0.537. The Kier molecular flexibility index (Phi) is 5.43. The van der Waals surface area contributed by atoms with Crippen LogP contribution in [0.25, 0.3) is 16.7 Å². The van der Waals surface area contributed by atoms with Crippen LogP contribution in [0.4, 0.5) is 0 Å². The van der Waals surface area contributed by atoms with Crippen molar-refractivity contribution in [2.75, 3.05) is 7.05 Å². The van der Waals surface area contributed by atoms with Crippen molar-refractivity contribution in [3.05, 3.63) is 88.6 Å². The van der Waals surface area contributed by atoms with Crippen LogP contribution in [0.3, 0.4) is 0 Å². The number of carbonyl (C=O) groups excluding carboxylic acids is 1. The number of amides is 1. The number of nitrogens with one attached hydrogen (secondary N) is 1. The Morgan fingerprint density at radius 2 is 1.77 bits per heavy atom. The zero-order valence-corrected chi connectivity index (χ0v) is 16.9. The summed E-state index contributed by atoms with van der Waals surface area (Å²) in [6.07, 6.45) is 2.11. The van der Waals surface area contributed by atoms with E-state index in [1.54, 1.807) is 16.6 Å². The van der Waals surface area contributed by atoms with E-state index in [1.165, 1.54) is 6.20 Å². The predicted molar refractivity (Wildman–Crippen MR) is 115 cm³/mol. The van der Waals surface area contributed by atoms with Gasteiger partial charge in [-0.25, -0.2) is 9.67 Å². The first kappa shape index (κ1) is 19.6. The highest BCUT2D eigenvalue weighted by Gasteiger charge is 2.18. The number of H-pyrrole nitrogens is 1. The van der Waals surface area contributed by atoms with E-state index < -0.39 is 0 Å². The van der Waals surface area contributed by atoms with Crippen molar-refractivity contribution in [2.45, 2.75) is 25.8 Å². The summed E-state index contributed by atoms with van der Waals surface area (Å²) >= 11 is 0. The smallest absolute Gasteiger partial charge is 0.262 e. The summed E-state index contributed by atoms with van der Waals surface area (Å²) in [5.41, 5.74) is 2.13. The molecule has 2 aromatic carbocycles. The molecule has 0 aliphatic heterocycles. The van der Waals surface area contributed by atoms with Gasteiger partial charge in [-0.3, -0.25) is 9.59 Å². The number of hydrogen-bond donors (Lipinski definition) is 1. The largest absolute Gasteiger partial charge is 0.339 e. The van der Waals surface area contributed by atoms with Gasteiger partial charge in [-0.05, 0) is 24.6 Å². The molecular formula is C23H23N5O2. The molecule has 4 rings (SSSR count). The Labute approximate surface area is 174 Å². The number of carbonyl (C=O) groups is 1. The van der Waals surface area contributed by atoms with Crippen molar-refractivity contribution in [3.63, 3.8) is 0 Å². The van der Waals surface area contributed by atoms with Crippen molar-refractivity contribution in [1.29, 1.82) is 0 Å². The van der Waals surface area contributed by atoms with Crippen molar-refractivity contribution in [1.82, 2.24) is 24.6 Å². The number of aryl methyl sites for hydroxylation is 1. The Bertz CT molecular complexity index is 1210. The summed E-state index contributed by atoms with van der Waals surface area (Å²) in [4.78, 5) is 34.3. The first-order valence-electron chi connectivity index (χ1n) is 9.87. The molecule has 7 nitrogen and oxygen atoms in total. The number of fused-ring (bicyclic) bond motifs is 1. The van der Waals surface area contributed by atoms with Crippen molar-refractivity contribution in [3.8, 4) is 5.69 Å². The summed E-state index contributed by atoms with van der Waals surface area (Å²) < 4.78 is 1.64. The molecule has 0 aliphatic rings. The molecule has 0 aliphatic carbocycles. The van der Waals surface area contributed by atoms with Crippen LogP contribution in [-0.2, 0) is 11.2 Å². The highest BCUT2D eigenvalue weighted by atomic mass is 16.2. The minimum atomic E-state index is -0.254. The molecule has 2 heterocycles. The Hall–Kier alpha value is -3.74. The van der Waals surface area contributed by atoms with Crippen molar-refractivity contribution in [2.24, 2.45) is 0 Å². The minimum Gasteiger partial charge on any atom is -0.339 e. The lowest BCUT2D eigenvalue weighted by atomic mass is 10.1. The maximum atomic E-state index is 12.7. The molecule has 2 aromatic heterocycles. The fraction of sp³-hybridized carbons (Fsp3) is 0.217. The number of aromatic nitrogens is 4. The lowest BCUT2D eigenvalue weighted by molar-refractivity contribution is -0.131. The van der Waals surface area contributed by atoms with Crippen LogP contribution in [0.5, 0.6) is 0 Å². The molecule has 4 aromatic rings. The molecule has 0 fully saturated rings. The second kappa shape index (κ2) is 8.32. The van der Waals surface area contributed by atoms with E-state index in [0.717, 1.165) is 11.3 Å². The highest BCUT2D eigenvalue weighted by molar-refractivity contribution is 5.77. The summed E-state index contributed by atoms with van der Waals surface area (Å²) in [6, 6.07) is 19.4. The SMILES string of the molecule is C[C@@H](c1ccccc1)N(C)C(=O)CCc1nc2c(cnn2-c2ccccc2)c(=O)[nH]1. The molecule has 0 unspecified atom stereocenters. The molecule has 30 heavy (non-hydrogen) atoms. The van der Waals surface area contributed by atoms with Gasteiger partial charge in [0.05, 0.1) is 17.9 Å². The highest BCUT2D eigenvalue weighted by Crippen LogP contribution is 2.19. The van der Waals surface area contributed by atoms with E-state index >= 15 is 0 Å². The number of rotatable bonds is 6. The van der Waals surface area contributed by atoms with E-state index in [2.05, 4.69) is 15.1 Å². The molecule has 1 amide bonds. The fourth-order valence-corrected chi connectivity index (χ4v) is 3.41. The Morgan fingerprint density at radius 3 is 2.47 bits per heavy atom. The molecule has 1 N–H and O–H groups in total. The van der Waals surface area contributed by atoms with Crippen LogP contribution in [-0.4, -0.2) is 37.6 Å². The van der Waals surface area contributed by atoms with Gasteiger partial charge in [0.15, 0.2) is 5.65 Å². The fourth-order valence-electron chi connectivity index (χ4n) is 3.41. The third-order valence-corrected chi connectivity index (χ3v) is 5.32. The van der Waals surface area contributed by atoms with Gasteiger partial charge in [-0.15, -0.1) is 0 Å². The molecule has 0 spiro atoms.